The lowest BCUT2D eigenvalue weighted by atomic mass is 10.2. The first-order valence-electron chi connectivity index (χ1n) is 6.51. The minimum absolute atomic E-state index is 0.0509. The van der Waals surface area contributed by atoms with Gasteiger partial charge in [0, 0.05) is 32.5 Å². The number of ether oxygens (including phenoxy) is 1. The van der Waals surface area contributed by atoms with Crippen molar-refractivity contribution < 1.29 is 9.84 Å². The first-order valence-corrected chi connectivity index (χ1v) is 7.30. The molecule has 21 heavy (non-hydrogen) atoms. The number of halogens is 1. The molecule has 5 nitrogen and oxygen atoms in total. The third-order valence-electron chi connectivity index (χ3n) is 3.03. The number of nitrogens with zero attached hydrogens (tertiary/aromatic N) is 1. The summed E-state index contributed by atoms with van der Waals surface area (Å²) in [6.07, 6.45) is 1.77. The van der Waals surface area contributed by atoms with Crippen LogP contribution in [0.1, 0.15) is 5.56 Å². The lowest BCUT2D eigenvalue weighted by molar-refractivity contribution is 0.186. The van der Waals surface area contributed by atoms with Gasteiger partial charge in [-0.2, -0.15) is 0 Å². The Hall–Kier alpha value is -1.79. The van der Waals surface area contributed by atoms with E-state index in [4.69, 9.17) is 4.74 Å². The predicted octanol–water partition coefficient (Wildman–Crippen LogP) is 2.57. The highest BCUT2D eigenvalue weighted by atomic mass is 79.9. The van der Waals surface area contributed by atoms with E-state index in [9.17, 15) is 9.90 Å². The van der Waals surface area contributed by atoms with Crippen LogP contribution >= 0.6 is 15.9 Å². The number of phenolic OH excluding ortho intramolecular Hbond substituents is 1. The molecule has 0 atom stereocenters. The van der Waals surface area contributed by atoms with E-state index in [1.165, 1.54) is 6.07 Å². The minimum Gasteiger partial charge on any atom is -0.507 e. The van der Waals surface area contributed by atoms with Gasteiger partial charge in [0.1, 0.15) is 5.75 Å². The molecule has 1 aromatic heterocycles. The second-order valence-corrected chi connectivity index (χ2v) is 5.44. The summed E-state index contributed by atoms with van der Waals surface area (Å²) in [5.74, 6) is 0.215. The molecule has 0 fully saturated rings. The highest BCUT2D eigenvalue weighted by Gasteiger charge is 2.01. The first-order chi connectivity index (χ1) is 10.1. The topological polar surface area (TPSA) is 63.5 Å². The van der Waals surface area contributed by atoms with Gasteiger partial charge in [-0.25, -0.2) is 0 Å². The van der Waals surface area contributed by atoms with E-state index in [0.717, 1.165) is 11.3 Å². The summed E-state index contributed by atoms with van der Waals surface area (Å²) in [4.78, 5) is 11.7. The van der Waals surface area contributed by atoms with E-state index < -0.39 is 0 Å². The Morgan fingerprint density at radius 1 is 1.33 bits per heavy atom. The number of hydrogen-bond acceptors (Lipinski definition) is 4. The number of aromatic nitrogens is 1. The zero-order valence-corrected chi connectivity index (χ0v) is 13.3. The van der Waals surface area contributed by atoms with Crippen LogP contribution in [0.4, 0.5) is 5.69 Å². The Kier molecular flexibility index (Phi) is 5.41. The maximum Gasteiger partial charge on any atom is 0.250 e. The van der Waals surface area contributed by atoms with E-state index in [-0.39, 0.29) is 11.3 Å². The van der Waals surface area contributed by atoms with Gasteiger partial charge in [-0.15, -0.1) is 0 Å². The molecule has 0 unspecified atom stereocenters. The van der Waals surface area contributed by atoms with Gasteiger partial charge >= 0.3 is 0 Å². The number of benzene rings is 1. The number of rotatable bonds is 6. The number of hydrogen-bond donors (Lipinski definition) is 2. The summed E-state index contributed by atoms with van der Waals surface area (Å²) in [5, 5.41) is 12.7. The maximum atomic E-state index is 11.7. The van der Waals surface area contributed by atoms with Crippen molar-refractivity contribution >= 4 is 21.6 Å². The van der Waals surface area contributed by atoms with E-state index >= 15 is 0 Å². The van der Waals surface area contributed by atoms with E-state index in [1.54, 1.807) is 30.0 Å². The summed E-state index contributed by atoms with van der Waals surface area (Å²) in [7, 11) is 1.61. The van der Waals surface area contributed by atoms with Crippen molar-refractivity contribution in [1.29, 1.82) is 0 Å². The van der Waals surface area contributed by atoms with Crippen molar-refractivity contribution in [1.82, 2.24) is 4.57 Å². The zero-order chi connectivity index (χ0) is 15.2. The summed E-state index contributed by atoms with van der Waals surface area (Å²) < 4.78 is 7.25. The third-order valence-corrected chi connectivity index (χ3v) is 3.66. The van der Waals surface area contributed by atoms with Crippen LogP contribution in [0.3, 0.4) is 0 Å². The SMILES string of the molecule is COCCn1cc(NCc2ccc(O)c(Br)c2)ccc1=O. The van der Waals surface area contributed by atoms with Gasteiger partial charge in [0.15, 0.2) is 0 Å². The van der Waals surface area contributed by atoms with E-state index in [1.807, 2.05) is 12.1 Å². The van der Waals surface area contributed by atoms with Crippen LogP contribution in [-0.4, -0.2) is 23.4 Å². The van der Waals surface area contributed by atoms with E-state index in [0.29, 0.717) is 24.2 Å². The monoisotopic (exact) mass is 352 g/mol. The number of phenols is 1. The predicted molar refractivity (Wildman–Crippen MR) is 85.7 cm³/mol. The van der Waals surface area contributed by atoms with Crippen LogP contribution in [-0.2, 0) is 17.8 Å². The fraction of sp³-hybridized carbons (Fsp3) is 0.267. The fourth-order valence-corrected chi connectivity index (χ4v) is 2.29. The maximum absolute atomic E-state index is 11.7. The molecule has 0 bridgehead atoms. The molecular weight excluding hydrogens is 336 g/mol. The smallest absolute Gasteiger partial charge is 0.250 e. The van der Waals surface area contributed by atoms with Crippen LogP contribution in [0.2, 0.25) is 0 Å². The largest absolute Gasteiger partial charge is 0.507 e. The van der Waals surface area contributed by atoms with Crippen molar-refractivity contribution in [2.24, 2.45) is 0 Å². The lowest BCUT2D eigenvalue weighted by Gasteiger charge is -2.10. The fourth-order valence-electron chi connectivity index (χ4n) is 1.86. The summed E-state index contributed by atoms with van der Waals surface area (Å²) in [6, 6.07) is 8.61. The minimum atomic E-state index is -0.0509. The van der Waals surface area contributed by atoms with Gasteiger partial charge in [0.05, 0.1) is 16.8 Å². The average Bonchev–Trinajstić information content (AvgIpc) is 2.48. The second kappa shape index (κ2) is 7.28. The molecule has 0 spiro atoms. The van der Waals surface area contributed by atoms with Crippen LogP contribution in [0.25, 0.3) is 0 Å². The Labute approximate surface area is 131 Å². The highest BCUT2D eigenvalue weighted by Crippen LogP contribution is 2.24. The molecule has 2 aromatic rings. The number of methoxy groups -OCH3 is 1. The molecule has 0 aliphatic heterocycles. The van der Waals surface area contributed by atoms with Gasteiger partial charge in [0.25, 0.3) is 5.56 Å². The molecule has 0 amide bonds. The number of aromatic hydroxyl groups is 1. The Balaban J connectivity index is 2.05. The molecule has 0 saturated carbocycles. The Morgan fingerprint density at radius 3 is 2.86 bits per heavy atom. The number of pyridine rings is 1. The molecule has 2 N–H and O–H groups in total. The van der Waals surface area contributed by atoms with Crippen LogP contribution in [0, 0.1) is 0 Å². The van der Waals surface area contributed by atoms with Gasteiger partial charge in [-0.1, -0.05) is 6.07 Å². The first kappa shape index (κ1) is 15.6. The second-order valence-electron chi connectivity index (χ2n) is 4.58. The van der Waals surface area contributed by atoms with Crippen LogP contribution < -0.4 is 10.9 Å². The van der Waals surface area contributed by atoms with Crippen molar-refractivity contribution in [3.63, 3.8) is 0 Å². The molecular formula is C15H17BrN2O3. The molecule has 0 aliphatic rings. The third kappa shape index (κ3) is 4.34. The molecule has 0 saturated heterocycles. The van der Waals surface area contributed by atoms with Gasteiger partial charge in [0.2, 0.25) is 0 Å². The molecule has 2 rings (SSSR count). The molecule has 0 aliphatic carbocycles. The molecule has 0 radical (unpaired) electrons. The van der Waals surface area contributed by atoms with Crippen molar-refractivity contribution in [2.75, 3.05) is 19.0 Å². The Bertz CT molecular complexity index is 670. The van der Waals surface area contributed by atoms with Gasteiger partial charge in [-0.3, -0.25) is 4.79 Å². The van der Waals surface area contributed by atoms with Crippen molar-refractivity contribution in [3.8, 4) is 5.75 Å². The quantitative estimate of drug-likeness (QED) is 0.838. The van der Waals surface area contributed by atoms with Crippen molar-refractivity contribution in [3.05, 3.63) is 56.9 Å². The van der Waals surface area contributed by atoms with E-state index in [2.05, 4.69) is 21.2 Å². The zero-order valence-electron chi connectivity index (χ0n) is 11.7. The van der Waals surface area contributed by atoms with Crippen molar-refractivity contribution in [2.45, 2.75) is 13.1 Å². The Morgan fingerprint density at radius 2 is 2.14 bits per heavy atom. The normalized spacial score (nSPS) is 10.6. The summed E-state index contributed by atoms with van der Waals surface area (Å²) >= 11 is 3.28. The highest BCUT2D eigenvalue weighted by molar-refractivity contribution is 9.10. The number of anilines is 1. The summed E-state index contributed by atoms with van der Waals surface area (Å²) in [5.41, 5.74) is 1.83. The molecule has 1 heterocycles. The number of nitrogens with one attached hydrogen (secondary N) is 1. The molecule has 6 heteroatoms. The average molecular weight is 353 g/mol. The van der Waals surface area contributed by atoms with Crippen LogP contribution in [0.5, 0.6) is 5.75 Å². The standard InChI is InChI=1S/C15H17BrN2O3/c1-21-7-6-18-10-12(3-5-15(18)20)17-9-11-2-4-14(19)13(16)8-11/h2-5,8,10,17,19H,6-7,9H2,1H3. The van der Waals surface area contributed by atoms with Gasteiger partial charge in [-0.05, 0) is 39.7 Å². The molecule has 1 aromatic carbocycles. The summed E-state index contributed by atoms with van der Waals surface area (Å²) in [6.45, 7) is 1.62. The van der Waals surface area contributed by atoms with Gasteiger partial charge < -0.3 is 19.7 Å². The van der Waals surface area contributed by atoms with Crippen LogP contribution in [0.15, 0.2) is 45.8 Å². The molecule has 112 valence electrons. The lowest BCUT2D eigenvalue weighted by Crippen LogP contribution is -2.21.